The van der Waals surface area contributed by atoms with Crippen LogP contribution in [0.5, 0.6) is 0 Å². The first kappa shape index (κ1) is 10.2. The van der Waals surface area contributed by atoms with Crippen LogP contribution >= 0.6 is 15.9 Å². The second-order valence-corrected chi connectivity index (χ2v) is 4.13. The molecule has 1 heterocycles. The van der Waals surface area contributed by atoms with E-state index in [4.69, 9.17) is 0 Å². The lowest BCUT2D eigenvalue weighted by Crippen LogP contribution is -2.34. The number of hydrogen-bond acceptors (Lipinski definition) is 2. The molecule has 0 unspecified atom stereocenters. The van der Waals surface area contributed by atoms with Gasteiger partial charge in [0.15, 0.2) is 0 Å². The number of nitrogens with zero attached hydrogens (tertiary/aromatic N) is 1. The van der Waals surface area contributed by atoms with Crippen LogP contribution < -0.4 is 10.3 Å². The number of benzene rings is 1. The summed E-state index contributed by atoms with van der Waals surface area (Å²) >= 11 is 3.16. The molecule has 15 heavy (non-hydrogen) atoms. The van der Waals surface area contributed by atoms with E-state index in [0.29, 0.717) is 4.60 Å². The number of rotatable bonds is 1. The summed E-state index contributed by atoms with van der Waals surface area (Å²) in [6, 6.07) is 5.89. The number of aryl methyl sites for hydroxylation is 2. The molecule has 1 aromatic heterocycles. The summed E-state index contributed by atoms with van der Waals surface area (Å²) in [6.45, 7) is 4.06. The second kappa shape index (κ2) is 3.66. The Labute approximate surface area is 94.6 Å². The first-order valence-corrected chi connectivity index (χ1v) is 5.25. The van der Waals surface area contributed by atoms with Crippen molar-refractivity contribution in [1.29, 1.82) is 0 Å². The van der Waals surface area contributed by atoms with Crippen LogP contribution in [0.1, 0.15) is 11.1 Å². The largest absolute Gasteiger partial charge is 0.442 e. The van der Waals surface area contributed by atoms with Crippen LogP contribution in [0.15, 0.2) is 32.1 Å². The highest BCUT2D eigenvalue weighted by molar-refractivity contribution is 9.10. The van der Waals surface area contributed by atoms with Crippen molar-refractivity contribution in [2.75, 3.05) is 0 Å². The van der Waals surface area contributed by atoms with E-state index in [2.05, 4.69) is 25.7 Å². The van der Waals surface area contributed by atoms with Gasteiger partial charge in [-0.3, -0.25) is 4.52 Å². The zero-order chi connectivity index (χ0) is 11.0. The third-order valence-corrected chi connectivity index (χ3v) is 3.02. The minimum absolute atomic E-state index is 0.353. The van der Waals surface area contributed by atoms with E-state index < -0.39 is 5.63 Å². The summed E-state index contributed by atoms with van der Waals surface area (Å²) in [5.74, 6) is 0. The molecule has 0 aliphatic carbocycles. The number of halogens is 1. The van der Waals surface area contributed by atoms with Gasteiger partial charge in [-0.15, -0.1) is 0 Å². The van der Waals surface area contributed by atoms with Gasteiger partial charge in [0.05, 0.1) is 0 Å². The van der Waals surface area contributed by atoms with Gasteiger partial charge in [0, 0.05) is 28.1 Å². The van der Waals surface area contributed by atoms with Gasteiger partial charge < -0.3 is 0 Å². The lowest BCUT2D eigenvalue weighted by Gasteiger charge is -1.97. The van der Waals surface area contributed by atoms with Crippen molar-refractivity contribution in [3.8, 4) is 5.69 Å². The molecule has 2 aromatic rings. The van der Waals surface area contributed by atoms with Crippen molar-refractivity contribution in [1.82, 2.24) is 5.27 Å². The van der Waals surface area contributed by atoms with Crippen molar-refractivity contribution in [3.63, 3.8) is 0 Å². The Kier molecular flexibility index (Phi) is 2.48. The topological polar surface area (TPSA) is 49.9 Å². The lowest BCUT2D eigenvalue weighted by molar-refractivity contribution is -0.680. The minimum Gasteiger partial charge on any atom is -0.282 e. The van der Waals surface area contributed by atoms with Crippen molar-refractivity contribution >= 4 is 15.9 Å². The molecule has 1 N–H and O–H groups in total. The van der Waals surface area contributed by atoms with E-state index in [1.54, 1.807) is 4.68 Å². The molecule has 78 valence electrons. The number of hydrogen-bond donors (Lipinski definition) is 1. The molecule has 0 atom stereocenters. The predicted octanol–water partition coefficient (Wildman–Crippen LogP) is 1.62. The van der Waals surface area contributed by atoms with Crippen molar-refractivity contribution in [2.45, 2.75) is 13.8 Å². The molecule has 0 amide bonds. The molecule has 0 aliphatic rings. The molecule has 5 heteroatoms. The maximum absolute atomic E-state index is 11.1. The normalized spacial score (nSPS) is 10.6. The Balaban J connectivity index is 2.59. The van der Waals surface area contributed by atoms with Gasteiger partial charge in [0.1, 0.15) is 0 Å². The molecule has 1 aromatic carbocycles. The average Bonchev–Trinajstić information content (AvgIpc) is 2.53. The van der Waals surface area contributed by atoms with E-state index >= 15 is 0 Å². The molecule has 0 fully saturated rings. The van der Waals surface area contributed by atoms with E-state index in [0.717, 1.165) is 11.3 Å². The predicted molar refractivity (Wildman–Crippen MR) is 58.0 cm³/mol. The Hall–Kier alpha value is -1.36. The standard InChI is InChI=1S/C10H9BrN2O2/c1-6-3-4-8(5-7(6)2)13-9(11)10(14)15-12-13/h3-5H,1-2H3/p+1. The fourth-order valence-corrected chi connectivity index (χ4v) is 1.65. The number of nitrogens with one attached hydrogen (secondary N) is 1. The van der Waals surface area contributed by atoms with Crippen LogP contribution in [-0.4, -0.2) is 5.27 Å². The zero-order valence-corrected chi connectivity index (χ0v) is 9.96. The monoisotopic (exact) mass is 269 g/mol. The lowest BCUT2D eigenvalue weighted by atomic mass is 10.1. The quantitative estimate of drug-likeness (QED) is 0.800. The smallest absolute Gasteiger partial charge is 0.282 e. The van der Waals surface area contributed by atoms with Crippen molar-refractivity contribution < 1.29 is 9.20 Å². The van der Waals surface area contributed by atoms with Gasteiger partial charge in [0.25, 0.3) is 0 Å². The molecule has 0 saturated heterocycles. The SMILES string of the molecule is Cc1ccc(-[n+]2[nH]oc(=O)c2Br)cc1C. The maximum atomic E-state index is 11.1. The molecule has 2 rings (SSSR count). The van der Waals surface area contributed by atoms with Crippen molar-refractivity contribution in [2.24, 2.45) is 0 Å². The third kappa shape index (κ3) is 1.74. The number of aromatic amines is 1. The van der Waals surface area contributed by atoms with Gasteiger partial charge in [-0.25, -0.2) is 4.79 Å². The Bertz CT molecular complexity index is 557. The van der Waals surface area contributed by atoms with E-state index in [1.807, 2.05) is 32.0 Å². The Morgan fingerprint density at radius 2 is 2.07 bits per heavy atom. The van der Waals surface area contributed by atoms with Gasteiger partial charge in [0.2, 0.25) is 5.69 Å². The molecular weight excluding hydrogens is 260 g/mol. The van der Waals surface area contributed by atoms with E-state index in [-0.39, 0.29) is 0 Å². The Morgan fingerprint density at radius 1 is 1.33 bits per heavy atom. The molecule has 0 saturated carbocycles. The summed E-state index contributed by atoms with van der Waals surface area (Å²) < 4.78 is 6.56. The fourth-order valence-electron chi connectivity index (χ4n) is 1.29. The first-order valence-electron chi connectivity index (χ1n) is 4.46. The molecular formula is C10H10BrN2O2+. The first-order chi connectivity index (χ1) is 7.09. The molecule has 0 bridgehead atoms. The Morgan fingerprint density at radius 3 is 2.60 bits per heavy atom. The highest BCUT2D eigenvalue weighted by Gasteiger charge is 2.20. The highest BCUT2D eigenvalue weighted by Crippen LogP contribution is 2.10. The van der Waals surface area contributed by atoms with Crippen LogP contribution in [0.3, 0.4) is 0 Å². The maximum Gasteiger partial charge on any atom is 0.442 e. The second-order valence-electron chi connectivity index (χ2n) is 3.38. The van der Waals surface area contributed by atoms with Gasteiger partial charge in [-0.2, -0.15) is 0 Å². The van der Waals surface area contributed by atoms with Gasteiger partial charge in [-0.1, -0.05) is 6.07 Å². The summed E-state index contributed by atoms with van der Waals surface area (Å²) in [7, 11) is 0. The van der Waals surface area contributed by atoms with Crippen LogP contribution in [-0.2, 0) is 0 Å². The molecule has 0 aliphatic heterocycles. The number of H-pyrrole nitrogens is 1. The van der Waals surface area contributed by atoms with Crippen LogP contribution in [0, 0.1) is 13.8 Å². The molecule has 0 radical (unpaired) electrons. The number of aromatic nitrogens is 2. The zero-order valence-electron chi connectivity index (χ0n) is 8.37. The third-order valence-electron chi connectivity index (χ3n) is 2.34. The van der Waals surface area contributed by atoms with E-state index in [9.17, 15) is 4.79 Å². The average molecular weight is 270 g/mol. The fraction of sp³-hybridized carbons (Fsp3) is 0.200. The van der Waals surface area contributed by atoms with Crippen LogP contribution in [0.2, 0.25) is 0 Å². The van der Waals surface area contributed by atoms with E-state index in [1.165, 1.54) is 5.56 Å². The minimum atomic E-state index is -0.423. The van der Waals surface area contributed by atoms with Crippen molar-refractivity contribution in [3.05, 3.63) is 44.3 Å². The summed E-state index contributed by atoms with van der Waals surface area (Å²) in [6.07, 6.45) is 0. The van der Waals surface area contributed by atoms with Crippen LogP contribution in [0.25, 0.3) is 5.69 Å². The van der Waals surface area contributed by atoms with Gasteiger partial charge >= 0.3 is 10.2 Å². The summed E-state index contributed by atoms with van der Waals surface area (Å²) in [4.78, 5) is 11.1. The molecule has 0 spiro atoms. The van der Waals surface area contributed by atoms with Crippen LogP contribution in [0.4, 0.5) is 0 Å². The van der Waals surface area contributed by atoms with Gasteiger partial charge in [-0.05, 0) is 34.9 Å². The highest BCUT2D eigenvalue weighted by atomic mass is 79.9. The summed E-state index contributed by atoms with van der Waals surface area (Å²) in [5, 5.41) is 2.52. The molecule has 4 nitrogen and oxygen atoms in total. The summed E-state index contributed by atoms with van der Waals surface area (Å²) in [5.41, 5.74) is 2.80.